The van der Waals surface area contributed by atoms with E-state index in [9.17, 15) is 14.4 Å². The number of esters is 3. The molecule has 0 bridgehead atoms. The van der Waals surface area contributed by atoms with Crippen LogP contribution in [0.5, 0.6) is 0 Å². The van der Waals surface area contributed by atoms with Crippen LogP contribution in [0.3, 0.4) is 0 Å². The maximum Gasteiger partial charge on any atom is 0.340 e. The summed E-state index contributed by atoms with van der Waals surface area (Å²) < 4.78 is 22.6. The molecule has 1 heterocycles. The zero-order chi connectivity index (χ0) is 23.2. The van der Waals surface area contributed by atoms with Crippen molar-refractivity contribution in [1.29, 1.82) is 0 Å². The van der Waals surface area contributed by atoms with Gasteiger partial charge in [0.05, 0.1) is 16.7 Å². The molecule has 0 N–H and O–H groups in total. The molecule has 1 aliphatic heterocycles. The lowest BCUT2D eigenvalue weighted by Crippen LogP contribution is -2.41. The molecule has 4 atom stereocenters. The van der Waals surface area contributed by atoms with Gasteiger partial charge in [-0.05, 0) is 43.3 Å². The van der Waals surface area contributed by atoms with Crippen LogP contribution in [0.15, 0.2) is 91.0 Å². The van der Waals surface area contributed by atoms with E-state index in [1.165, 1.54) is 0 Å². The monoisotopic (exact) mass is 446 g/mol. The van der Waals surface area contributed by atoms with E-state index in [0.717, 1.165) is 0 Å². The third-order valence-corrected chi connectivity index (χ3v) is 5.14. The molecule has 0 aliphatic carbocycles. The van der Waals surface area contributed by atoms with Crippen molar-refractivity contribution >= 4 is 17.9 Å². The summed E-state index contributed by atoms with van der Waals surface area (Å²) in [5.74, 6) is -1.91. The maximum absolute atomic E-state index is 12.8. The van der Waals surface area contributed by atoms with Crippen molar-refractivity contribution in [2.45, 2.75) is 31.5 Å². The number of hydrogen-bond donors (Lipinski definition) is 0. The molecule has 0 amide bonds. The number of ether oxygens (including phenoxy) is 4. The van der Waals surface area contributed by atoms with Gasteiger partial charge in [-0.3, -0.25) is 0 Å². The van der Waals surface area contributed by atoms with Crippen molar-refractivity contribution in [3.63, 3.8) is 0 Å². The molecule has 0 spiro atoms. The van der Waals surface area contributed by atoms with Gasteiger partial charge in [0, 0.05) is 0 Å². The average Bonchev–Trinajstić information content (AvgIpc) is 3.14. The first kappa shape index (κ1) is 22.2. The molecule has 0 radical (unpaired) electrons. The van der Waals surface area contributed by atoms with Crippen LogP contribution in [0.1, 0.15) is 38.0 Å². The van der Waals surface area contributed by atoms with Crippen LogP contribution in [-0.2, 0) is 18.9 Å². The van der Waals surface area contributed by atoms with Crippen LogP contribution in [0, 0.1) is 0 Å². The molecule has 1 fully saturated rings. The van der Waals surface area contributed by atoms with E-state index in [-0.39, 0.29) is 0 Å². The third kappa shape index (κ3) is 5.27. The summed E-state index contributed by atoms with van der Waals surface area (Å²) in [4.78, 5) is 38.0. The van der Waals surface area contributed by atoms with Gasteiger partial charge in [0.25, 0.3) is 0 Å². The summed E-state index contributed by atoms with van der Waals surface area (Å²) in [5.41, 5.74) is 0.951. The van der Waals surface area contributed by atoms with Crippen molar-refractivity contribution in [2.75, 3.05) is 0 Å². The predicted octanol–water partition coefficient (Wildman–Crippen LogP) is 4.04. The Kier molecular flexibility index (Phi) is 6.80. The van der Waals surface area contributed by atoms with Gasteiger partial charge in [-0.2, -0.15) is 0 Å². The quantitative estimate of drug-likeness (QED) is 0.417. The molecule has 33 heavy (non-hydrogen) atoms. The highest BCUT2D eigenvalue weighted by Gasteiger charge is 2.50. The van der Waals surface area contributed by atoms with E-state index in [1.807, 2.05) is 0 Å². The smallest absolute Gasteiger partial charge is 0.340 e. The van der Waals surface area contributed by atoms with Gasteiger partial charge in [0.1, 0.15) is 6.10 Å². The molecule has 7 nitrogen and oxygen atoms in total. The minimum atomic E-state index is -1.26. The molecule has 3 aromatic carbocycles. The van der Waals surface area contributed by atoms with E-state index >= 15 is 0 Å². The fourth-order valence-electron chi connectivity index (χ4n) is 3.45. The number of rotatable bonds is 6. The Labute approximate surface area is 190 Å². The Morgan fingerprint density at radius 2 is 0.939 bits per heavy atom. The highest BCUT2D eigenvalue weighted by molar-refractivity contribution is 5.91. The molecule has 4 rings (SSSR count). The second kappa shape index (κ2) is 10.1. The number of carbonyl (C=O) groups is 3. The Morgan fingerprint density at radius 1 is 0.576 bits per heavy atom. The van der Waals surface area contributed by atoms with Crippen LogP contribution in [0.2, 0.25) is 0 Å². The van der Waals surface area contributed by atoms with Gasteiger partial charge in [-0.25, -0.2) is 14.4 Å². The molecule has 3 aromatic rings. The van der Waals surface area contributed by atoms with Gasteiger partial charge in [-0.1, -0.05) is 54.6 Å². The summed E-state index contributed by atoms with van der Waals surface area (Å²) in [5, 5.41) is 0. The summed E-state index contributed by atoms with van der Waals surface area (Å²) in [6, 6.07) is 25.1. The van der Waals surface area contributed by atoms with Crippen LogP contribution < -0.4 is 0 Å². The zero-order valence-corrected chi connectivity index (χ0v) is 17.8. The molecular formula is C26H22O7. The van der Waals surface area contributed by atoms with Crippen molar-refractivity contribution in [1.82, 2.24) is 0 Å². The summed E-state index contributed by atoms with van der Waals surface area (Å²) in [7, 11) is 0. The van der Waals surface area contributed by atoms with Crippen LogP contribution in [0.4, 0.5) is 0 Å². The van der Waals surface area contributed by atoms with Crippen molar-refractivity contribution < 1.29 is 33.3 Å². The SMILES string of the molecule is C[C@H]1O[C@H](OC(=O)c2ccccc2)[C@H](OC(=O)c2ccccc2)[C@@H]1OC(=O)c1ccccc1. The lowest BCUT2D eigenvalue weighted by Gasteiger charge is -2.23. The summed E-state index contributed by atoms with van der Waals surface area (Å²) >= 11 is 0. The van der Waals surface area contributed by atoms with E-state index < -0.39 is 42.5 Å². The van der Waals surface area contributed by atoms with E-state index in [2.05, 4.69) is 0 Å². The lowest BCUT2D eigenvalue weighted by molar-refractivity contribution is -0.134. The Hall–Kier alpha value is -3.97. The first-order valence-corrected chi connectivity index (χ1v) is 10.5. The lowest BCUT2D eigenvalue weighted by atomic mass is 10.1. The molecule has 7 heteroatoms. The number of carbonyl (C=O) groups excluding carboxylic acids is 3. The van der Waals surface area contributed by atoms with Crippen molar-refractivity contribution in [3.05, 3.63) is 108 Å². The molecule has 1 saturated heterocycles. The zero-order valence-electron chi connectivity index (χ0n) is 17.8. The normalized spacial score (nSPS) is 21.7. The molecule has 168 valence electrons. The van der Waals surface area contributed by atoms with Gasteiger partial charge in [-0.15, -0.1) is 0 Å². The van der Waals surface area contributed by atoms with E-state index in [4.69, 9.17) is 18.9 Å². The van der Waals surface area contributed by atoms with Crippen molar-refractivity contribution in [2.24, 2.45) is 0 Å². The Morgan fingerprint density at radius 3 is 1.36 bits per heavy atom. The fraction of sp³-hybridized carbons (Fsp3) is 0.192. The van der Waals surface area contributed by atoms with Gasteiger partial charge in [0.2, 0.25) is 12.4 Å². The van der Waals surface area contributed by atoms with Gasteiger partial charge in [0.15, 0.2) is 6.10 Å². The Bertz CT molecular complexity index is 1100. The predicted molar refractivity (Wildman–Crippen MR) is 117 cm³/mol. The summed E-state index contributed by atoms with van der Waals surface area (Å²) in [6.07, 6.45) is -4.10. The van der Waals surface area contributed by atoms with Crippen LogP contribution in [0.25, 0.3) is 0 Å². The second-order valence-electron chi connectivity index (χ2n) is 7.45. The maximum atomic E-state index is 12.8. The minimum absolute atomic E-state index is 0.304. The topological polar surface area (TPSA) is 88.1 Å². The first-order chi connectivity index (χ1) is 16.0. The first-order valence-electron chi connectivity index (χ1n) is 10.5. The standard InChI is InChI=1S/C26H22O7/c1-17-21(31-23(27)18-11-5-2-6-12-18)22(32-24(28)19-13-7-3-8-14-19)26(30-17)33-25(29)20-15-9-4-10-16-20/h2-17,21-22,26H,1H3/t17-,21-,22-,26-/m1/s1. The van der Waals surface area contributed by atoms with Crippen LogP contribution in [-0.4, -0.2) is 42.5 Å². The molecule has 1 aliphatic rings. The third-order valence-electron chi connectivity index (χ3n) is 5.14. The second-order valence-corrected chi connectivity index (χ2v) is 7.45. The largest absolute Gasteiger partial charge is 0.452 e. The highest BCUT2D eigenvalue weighted by Crippen LogP contribution is 2.29. The van der Waals surface area contributed by atoms with Gasteiger partial charge >= 0.3 is 17.9 Å². The molecule has 0 unspecified atom stereocenters. The number of hydrogen-bond acceptors (Lipinski definition) is 7. The highest BCUT2D eigenvalue weighted by atomic mass is 16.7. The van der Waals surface area contributed by atoms with Crippen LogP contribution >= 0.6 is 0 Å². The minimum Gasteiger partial charge on any atom is -0.452 e. The Balaban J connectivity index is 1.56. The van der Waals surface area contributed by atoms with E-state index in [1.54, 1.807) is 97.9 Å². The molecule has 0 saturated carbocycles. The summed E-state index contributed by atoms with van der Waals surface area (Å²) in [6.45, 7) is 1.66. The van der Waals surface area contributed by atoms with E-state index in [0.29, 0.717) is 16.7 Å². The number of benzene rings is 3. The average molecular weight is 446 g/mol. The molecular weight excluding hydrogens is 424 g/mol. The fourth-order valence-corrected chi connectivity index (χ4v) is 3.45. The molecule has 0 aromatic heterocycles. The van der Waals surface area contributed by atoms with Gasteiger partial charge < -0.3 is 18.9 Å². The van der Waals surface area contributed by atoms with Crippen molar-refractivity contribution in [3.8, 4) is 0 Å².